The molecule has 0 bridgehead atoms. The van der Waals surface area contributed by atoms with Gasteiger partial charge < -0.3 is 8.83 Å². The molecule has 0 atom stereocenters. The van der Waals surface area contributed by atoms with Crippen molar-refractivity contribution in [1.29, 1.82) is 0 Å². The molecule has 0 amide bonds. The van der Waals surface area contributed by atoms with E-state index in [4.69, 9.17) is 28.8 Å². The number of aromatic nitrogens is 6. The van der Waals surface area contributed by atoms with E-state index in [0.29, 0.717) is 29.3 Å². The van der Waals surface area contributed by atoms with Gasteiger partial charge in [0.15, 0.2) is 28.6 Å². The van der Waals surface area contributed by atoms with Crippen molar-refractivity contribution in [2.75, 3.05) is 0 Å². The number of nitrogens with zero attached hydrogens (tertiary/aromatic N) is 6. The summed E-state index contributed by atoms with van der Waals surface area (Å²) in [5.41, 5.74) is 10.9. The standard InChI is InChI=1S/C46H28N6O2/c1-3-11-29(12-4-1)38-27-35(28-39(47-38)30-13-5-2-6-14-30)44-51-42(31-19-23-33(24-20-31)45-48-36-15-7-9-17-40(36)53-45)50-43(52-44)32-21-25-34(26-22-32)46-49-37-16-8-10-18-41(37)54-46/h1-28H. The number of para-hydroxylation sites is 4. The molecule has 0 aliphatic heterocycles. The van der Waals surface area contributed by atoms with E-state index in [9.17, 15) is 0 Å². The maximum absolute atomic E-state index is 6.04. The van der Waals surface area contributed by atoms with E-state index in [1.54, 1.807) is 0 Å². The Morgan fingerprint density at radius 1 is 0.278 bits per heavy atom. The van der Waals surface area contributed by atoms with Crippen LogP contribution in [0.15, 0.2) is 179 Å². The molecule has 0 fully saturated rings. The Kier molecular flexibility index (Phi) is 7.62. The molecule has 0 spiro atoms. The van der Waals surface area contributed by atoms with Gasteiger partial charge in [-0.3, -0.25) is 0 Å². The number of benzene rings is 6. The van der Waals surface area contributed by atoms with Gasteiger partial charge in [-0.1, -0.05) is 109 Å². The van der Waals surface area contributed by atoms with Crippen molar-refractivity contribution in [1.82, 2.24) is 29.9 Å². The van der Waals surface area contributed by atoms with Gasteiger partial charge in [0.05, 0.1) is 11.4 Å². The summed E-state index contributed by atoms with van der Waals surface area (Å²) >= 11 is 0. The molecule has 4 heterocycles. The average Bonchev–Trinajstić information content (AvgIpc) is 3.89. The molecule has 0 radical (unpaired) electrons. The fourth-order valence-corrected chi connectivity index (χ4v) is 6.45. The maximum Gasteiger partial charge on any atom is 0.227 e. The average molecular weight is 697 g/mol. The Bertz CT molecular complexity index is 2660. The van der Waals surface area contributed by atoms with Gasteiger partial charge in [-0.25, -0.2) is 29.9 Å². The molecular formula is C46H28N6O2. The lowest BCUT2D eigenvalue weighted by atomic mass is 10.0. The zero-order valence-corrected chi connectivity index (χ0v) is 28.7. The highest BCUT2D eigenvalue weighted by atomic mass is 16.4. The molecule has 10 aromatic rings. The second kappa shape index (κ2) is 13.2. The molecule has 8 heteroatoms. The number of hydrogen-bond acceptors (Lipinski definition) is 8. The predicted octanol–water partition coefficient (Wildman–Crippen LogP) is 11.2. The van der Waals surface area contributed by atoms with E-state index in [2.05, 4.69) is 34.2 Å². The van der Waals surface area contributed by atoms with Crippen LogP contribution >= 0.6 is 0 Å². The van der Waals surface area contributed by atoms with Crippen molar-refractivity contribution < 1.29 is 8.83 Å². The van der Waals surface area contributed by atoms with Crippen molar-refractivity contribution >= 4 is 22.2 Å². The highest BCUT2D eigenvalue weighted by molar-refractivity contribution is 5.79. The molecule has 0 unspecified atom stereocenters. The molecule has 0 aliphatic carbocycles. The third kappa shape index (κ3) is 5.97. The van der Waals surface area contributed by atoms with Gasteiger partial charge in [-0.05, 0) is 60.7 Å². The van der Waals surface area contributed by atoms with E-state index in [0.717, 1.165) is 72.5 Å². The molecule has 0 aliphatic rings. The van der Waals surface area contributed by atoms with E-state index in [1.165, 1.54) is 0 Å². The third-order valence-electron chi connectivity index (χ3n) is 9.23. The third-order valence-corrected chi connectivity index (χ3v) is 9.23. The molecule has 4 aromatic heterocycles. The predicted molar refractivity (Wildman–Crippen MR) is 211 cm³/mol. The Hall–Kier alpha value is -7.58. The van der Waals surface area contributed by atoms with Crippen LogP contribution in [-0.4, -0.2) is 29.9 Å². The number of pyridine rings is 1. The van der Waals surface area contributed by atoms with Crippen LogP contribution in [0.5, 0.6) is 0 Å². The monoisotopic (exact) mass is 696 g/mol. The second-order valence-electron chi connectivity index (χ2n) is 12.8. The van der Waals surface area contributed by atoms with Crippen molar-refractivity contribution in [3.8, 4) is 79.6 Å². The van der Waals surface area contributed by atoms with Crippen LogP contribution in [0.25, 0.3) is 102 Å². The van der Waals surface area contributed by atoms with E-state index in [-0.39, 0.29) is 0 Å². The van der Waals surface area contributed by atoms with Crippen LogP contribution in [0.4, 0.5) is 0 Å². The van der Waals surface area contributed by atoms with Gasteiger partial charge in [0.1, 0.15) is 11.0 Å². The summed E-state index contributed by atoms with van der Waals surface area (Å²) in [4.78, 5) is 29.6. The fraction of sp³-hybridized carbons (Fsp3) is 0. The zero-order chi connectivity index (χ0) is 35.8. The lowest BCUT2D eigenvalue weighted by molar-refractivity contribution is 0.619. The molecule has 8 nitrogen and oxygen atoms in total. The number of fused-ring (bicyclic) bond motifs is 2. The highest BCUT2D eigenvalue weighted by Gasteiger charge is 2.17. The maximum atomic E-state index is 6.04. The Labute approximate surface area is 309 Å². The summed E-state index contributed by atoms with van der Waals surface area (Å²) in [6, 6.07) is 55.7. The lowest BCUT2D eigenvalue weighted by Crippen LogP contribution is -2.01. The zero-order valence-electron chi connectivity index (χ0n) is 28.7. The first-order valence-electron chi connectivity index (χ1n) is 17.5. The Morgan fingerprint density at radius 2 is 0.648 bits per heavy atom. The summed E-state index contributed by atoms with van der Waals surface area (Å²) in [7, 11) is 0. The summed E-state index contributed by atoms with van der Waals surface area (Å²) in [5, 5.41) is 0. The van der Waals surface area contributed by atoms with Crippen molar-refractivity contribution in [2.24, 2.45) is 0 Å². The summed E-state index contributed by atoms with van der Waals surface area (Å²) < 4.78 is 12.1. The second-order valence-corrected chi connectivity index (χ2v) is 12.8. The normalized spacial score (nSPS) is 11.3. The van der Waals surface area contributed by atoms with Crippen LogP contribution < -0.4 is 0 Å². The van der Waals surface area contributed by atoms with Gasteiger partial charge in [0, 0.05) is 38.9 Å². The van der Waals surface area contributed by atoms with E-state index >= 15 is 0 Å². The minimum atomic E-state index is 0.526. The summed E-state index contributed by atoms with van der Waals surface area (Å²) in [5.74, 6) is 2.69. The largest absolute Gasteiger partial charge is 0.436 e. The number of oxazole rings is 2. The van der Waals surface area contributed by atoms with Gasteiger partial charge >= 0.3 is 0 Å². The van der Waals surface area contributed by atoms with Crippen molar-refractivity contribution in [3.63, 3.8) is 0 Å². The topological polar surface area (TPSA) is 104 Å². The summed E-state index contributed by atoms with van der Waals surface area (Å²) in [6.07, 6.45) is 0. The highest BCUT2D eigenvalue weighted by Crippen LogP contribution is 2.33. The molecular weight excluding hydrogens is 669 g/mol. The molecule has 0 N–H and O–H groups in total. The fourth-order valence-electron chi connectivity index (χ4n) is 6.45. The summed E-state index contributed by atoms with van der Waals surface area (Å²) in [6.45, 7) is 0. The van der Waals surface area contributed by atoms with Crippen LogP contribution in [0.3, 0.4) is 0 Å². The van der Waals surface area contributed by atoms with Gasteiger partial charge in [0.2, 0.25) is 11.8 Å². The van der Waals surface area contributed by atoms with Crippen LogP contribution in [-0.2, 0) is 0 Å². The SMILES string of the molecule is c1ccc(-c2cc(-c3nc(-c4ccc(-c5nc6ccccc6o5)cc4)nc(-c4ccc(-c5nc6ccccc6o5)cc4)n3)cc(-c3ccccc3)n2)cc1. The number of hydrogen-bond donors (Lipinski definition) is 0. The van der Waals surface area contributed by atoms with E-state index in [1.807, 2.05) is 146 Å². The molecule has 10 rings (SSSR count). The quantitative estimate of drug-likeness (QED) is 0.162. The van der Waals surface area contributed by atoms with Crippen LogP contribution in [0.2, 0.25) is 0 Å². The molecule has 0 saturated carbocycles. The van der Waals surface area contributed by atoms with E-state index < -0.39 is 0 Å². The first-order valence-corrected chi connectivity index (χ1v) is 17.5. The smallest absolute Gasteiger partial charge is 0.227 e. The lowest BCUT2D eigenvalue weighted by Gasteiger charge is -2.12. The molecule has 254 valence electrons. The first-order chi connectivity index (χ1) is 26.7. The van der Waals surface area contributed by atoms with Gasteiger partial charge in [-0.2, -0.15) is 0 Å². The number of rotatable bonds is 7. The van der Waals surface area contributed by atoms with Gasteiger partial charge in [-0.15, -0.1) is 0 Å². The molecule has 6 aromatic carbocycles. The van der Waals surface area contributed by atoms with Crippen molar-refractivity contribution in [2.45, 2.75) is 0 Å². The minimum Gasteiger partial charge on any atom is -0.436 e. The Balaban J connectivity index is 1.10. The first kappa shape index (κ1) is 31.2. The Morgan fingerprint density at radius 3 is 1.07 bits per heavy atom. The van der Waals surface area contributed by atoms with Crippen LogP contribution in [0.1, 0.15) is 0 Å². The van der Waals surface area contributed by atoms with Crippen LogP contribution in [0, 0.1) is 0 Å². The van der Waals surface area contributed by atoms with Crippen molar-refractivity contribution in [3.05, 3.63) is 170 Å². The van der Waals surface area contributed by atoms with Gasteiger partial charge in [0.25, 0.3) is 0 Å². The minimum absolute atomic E-state index is 0.526. The molecule has 0 saturated heterocycles. The molecule has 54 heavy (non-hydrogen) atoms.